The Hall–Kier alpha value is -0.870. The number of carbonyl (C=O) groups excluding carboxylic acids is 1. The number of carbonyl (C=O) groups is 1. The molecule has 1 rings (SSSR count). The molecule has 0 radical (unpaired) electrons. The number of anilines is 1. The molecule has 4 heteroatoms. The van der Waals surface area contributed by atoms with Gasteiger partial charge in [-0.05, 0) is 24.0 Å². The number of para-hydroxylation sites is 1. The van der Waals surface area contributed by atoms with Crippen LogP contribution in [0.1, 0.15) is 19.4 Å². The molecule has 1 unspecified atom stereocenters. The average molecular weight is 314 g/mol. The largest absolute Gasteiger partial charge is 0.384 e. The van der Waals surface area contributed by atoms with Gasteiger partial charge in [0.1, 0.15) is 0 Å². The van der Waals surface area contributed by atoms with E-state index in [1.165, 1.54) is 0 Å². The standard InChI is InChI=1S/C14H20BrNO2/c1-10(2)13(15)14(17)16-12-7-5-4-6-11(12)8-9-18-3/h4-7,10,13H,8-9H2,1-3H3,(H,16,17). The number of benzene rings is 1. The molecular formula is C14H20BrNO2. The maximum absolute atomic E-state index is 12.0. The summed E-state index contributed by atoms with van der Waals surface area (Å²) >= 11 is 3.41. The Kier molecular flexibility index (Phi) is 6.36. The molecule has 0 fully saturated rings. The van der Waals surface area contributed by atoms with Gasteiger partial charge in [0.15, 0.2) is 0 Å². The second-order valence-electron chi connectivity index (χ2n) is 4.53. The zero-order valence-electron chi connectivity index (χ0n) is 11.1. The van der Waals surface area contributed by atoms with Crippen LogP contribution in [0.25, 0.3) is 0 Å². The number of ether oxygens (including phenoxy) is 1. The fraction of sp³-hybridized carbons (Fsp3) is 0.500. The van der Waals surface area contributed by atoms with E-state index in [1.807, 2.05) is 38.1 Å². The van der Waals surface area contributed by atoms with Gasteiger partial charge in [0.25, 0.3) is 0 Å². The number of rotatable bonds is 6. The Morgan fingerprint density at radius 2 is 2.06 bits per heavy atom. The van der Waals surface area contributed by atoms with Crippen LogP contribution in [-0.4, -0.2) is 24.5 Å². The lowest BCUT2D eigenvalue weighted by Gasteiger charge is -2.16. The highest BCUT2D eigenvalue weighted by Gasteiger charge is 2.19. The maximum atomic E-state index is 12.0. The van der Waals surface area contributed by atoms with Crippen molar-refractivity contribution in [3.63, 3.8) is 0 Å². The minimum atomic E-state index is -0.173. The Balaban J connectivity index is 2.74. The lowest BCUT2D eigenvalue weighted by molar-refractivity contribution is -0.116. The van der Waals surface area contributed by atoms with Crippen molar-refractivity contribution in [2.24, 2.45) is 5.92 Å². The minimum absolute atomic E-state index is 0.00475. The molecule has 0 aliphatic carbocycles. The summed E-state index contributed by atoms with van der Waals surface area (Å²) in [7, 11) is 1.68. The molecule has 3 nitrogen and oxygen atoms in total. The summed E-state index contributed by atoms with van der Waals surface area (Å²) in [5.74, 6) is 0.256. The lowest BCUT2D eigenvalue weighted by atomic mass is 10.1. The second kappa shape index (κ2) is 7.54. The summed E-state index contributed by atoms with van der Waals surface area (Å²) in [6.45, 7) is 4.67. The Morgan fingerprint density at radius 1 is 1.39 bits per heavy atom. The van der Waals surface area contributed by atoms with Gasteiger partial charge in [-0.1, -0.05) is 48.0 Å². The van der Waals surface area contributed by atoms with Gasteiger partial charge in [-0.3, -0.25) is 4.79 Å². The van der Waals surface area contributed by atoms with E-state index in [0.717, 1.165) is 17.7 Å². The molecule has 100 valence electrons. The minimum Gasteiger partial charge on any atom is -0.384 e. The summed E-state index contributed by atoms with van der Waals surface area (Å²) in [5, 5.41) is 2.96. The normalized spacial score (nSPS) is 12.5. The van der Waals surface area contributed by atoms with E-state index in [-0.39, 0.29) is 16.7 Å². The van der Waals surface area contributed by atoms with E-state index >= 15 is 0 Å². The van der Waals surface area contributed by atoms with Crippen LogP contribution in [0.5, 0.6) is 0 Å². The van der Waals surface area contributed by atoms with Crippen LogP contribution in [0, 0.1) is 5.92 Å². The van der Waals surface area contributed by atoms with Gasteiger partial charge >= 0.3 is 0 Å². The van der Waals surface area contributed by atoms with Crippen molar-refractivity contribution in [3.05, 3.63) is 29.8 Å². The first-order chi connectivity index (χ1) is 8.56. The first-order valence-electron chi connectivity index (χ1n) is 6.08. The molecule has 0 spiro atoms. The molecule has 0 bridgehead atoms. The smallest absolute Gasteiger partial charge is 0.238 e. The summed E-state index contributed by atoms with van der Waals surface area (Å²) < 4.78 is 5.07. The van der Waals surface area contributed by atoms with Crippen LogP contribution in [0.2, 0.25) is 0 Å². The van der Waals surface area contributed by atoms with Crippen molar-refractivity contribution in [1.82, 2.24) is 0 Å². The molecule has 1 amide bonds. The highest BCUT2D eigenvalue weighted by Crippen LogP contribution is 2.19. The fourth-order valence-corrected chi connectivity index (χ4v) is 1.69. The van der Waals surface area contributed by atoms with Crippen LogP contribution in [-0.2, 0) is 16.0 Å². The Bertz CT molecular complexity index is 393. The van der Waals surface area contributed by atoms with E-state index in [0.29, 0.717) is 6.61 Å². The maximum Gasteiger partial charge on any atom is 0.238 e. The molecule has 1 aromatic carbocycles. The highest BCUT2D eigenvalue weighted by atomic mass is 79.9. The number of methoxy groups -OCH3 is 1. The quantitative estimate of drug-likeness (QED) is 0.819. The highest BCUT2D eigenvalue weighted by molar-refractivity contribution is 9.10. The molecule has 1 atom stereocenters. The van der Waals surface area contributed by atoms with Crippen molar-refractivity contribution >= 4 is 27.5 Å². The number of amides is 1. The summed E-state index contributed by atoms with van der Waals surface area (Å²) in [6.07, 6.45) is 0.793. The molecule has 0 saturated heterocycles. The average Bonchev–Trinajstić information content (AvgIpc) is 2.36. The topological polar surface area (TPSA) is 38.3 Å². The van der Waals surface area contributed by atoms with Crippen molar-refractivity contribution in [1.29, 1.82) is 0 Å². The zero-order chi connectivity index (χ0) is 13.5. The molecule has 0 aliphatic rings. The van der Waals surface area contributed by atoms with Crippen molar-refractivity contribution < 1.29 is 9.53 Å². The monoisotopic (exact) mass is 313 g/mol. The fourth-order valence-electron chi connectivity index (χ4n) is 1.58. The zero-order valence-corrected chi connectivity index (χ0v) is 12.7. The van der Waals surface area contributed by atoms with Crippen LogP contribution >= 0.6 is 15.9 Å². The molecule has 1 N–H and O–H groups in total. The van der Waals surface area contributed by atoms with E-state index in [2.05, 4.69) is 21.2 Å². The van der Waals surface area contributed by atoms with Crippen molar-refractivity contribution in [2.75, 3.05) is 19.0 Å². The summed E-state index contributed by atoms with van der Waals surface area (Å²) in [6, 6.07) is 7.81. The van der Waals surface area contributed by atoms with Crippen LogP contribution in [0.3, 0.4) is 0 Å². The first kappa shape index (κ1) is 15.2. The number of halogens is 1. The summed E-state index contributed by atoms with van der Waals surface area (Å²) in [4.78, 5) is 11.8. The summed E-state index contributed by atoms with van der Waals surface area (Å²) in [5.41, 5.74) is 1.96. The van der Waals surface area contributed by atoms with Gasteiger partial charge in [-0.2, -0.15) is 0 Å². The lowest BCUT2D eigenvalue weighted by Crippen LogP contribution is -2.27. The number of hydrogen-bond acceptors (Lipinski definition) is 2. The van der Waals surface area contributed by atoms with E-state index in [4.69, 9.17) is 4.74 Å². The van der Waals surface area contributed by atoms with Gasteiger partial charge in [-0.15, -0.1) is 0 Å². The number of hydrogen-bond donors (Lipinski definition) is 1. The Labute approximate surface area is 117 Å². The molecule has 0 aromatic heterocycles. The van der Waals surface area contributed by atoms with Gasteiger partial charge in [0.2, 0.25) is 5.91 Å². The van der Waals surface area contributed by atoms with Crippen LogP contribution in [0.4, 0.5) is 5.69 Å². The predicted octanol–water partition coefficient (Wildman–Crippen LogP) is 3.23. The second-order valence-corrected chi connectivity index (χ2v) is 5.52. The SMILES string of the molecule is COCCc1ccccc1NC(=O)C(Br)C(C)C. The third-order valence-electron chi connectivity index (χ3n) is 2.69. The molecule has 0 heterocycles. The van der Waals surface area contributed by atoms with Gasteiger partial charge < -0.3 is 10.1 Å². The van der Waals surface area contributed by atoms with E-state index < -0.39 is 0 Å². The van der Waals surface area contributed by atoms with Crippen molar-refractivity contribution in [2.45, 2.75) is 25.1 Å². The Morgan fingerprint density at radius 3 is 2.67 bits per heavy atom. The molecular weight excluding hydrogens is 294 g/mol. The number of nitrogens with one attached hydrogen (secondary N) is 1. The predicted molar refractivity (Wildman–Crippen MR) is 78.2 cm³/mol. The van der Waals surface area contributed by atoms with Crippen LogP contribution in [0.15, 0.2) is 24.3 Å². The molecule has 0 saturated carbocycles. The van der Waals surface area contributed by atoms with Crippen LogP contribution < -0.4 is 5.32 Å². The van der Waals surface area contributed by atoms with Gasteiger partial charge in [-0.25, -0.2) is 0 Å². The number of alkyl halides is 1. The molecule has 0 aliphatic heterocycles. The molecule has 1 aromatic rings. The third kappa shape index (κ3) is 4.42. The third-order valence-corrected chi connectivity index (χ3v) is 4.16. The van der Waals surface area contributed by atoms with E-state index in [1.54, 1.807) is 7.11 Å². The first-order valence-corrected chi connectivity index (χ1v) is 6.99. The van der Waals surface area contributed by atoms with Crippen molar-refractivity contribution in [3.8, 4) is 0 Å². The van der Waals surface area contributed by atoms with Gasteiger partial charge in [0.05, 0.1) is 11.4 Å². The van der Waals surface area contributed by atoms with E-state index in [9.17, 15) is 4.79 Å². The van der Waals surface area contributed by atoms with Gasteiger partial charge in [0, 0.05) is 12.8 Å². The molecule has 18 heavy (non-hydrogen) atoms.